The molecule has 0 spiro atoms. The SMILES string of the molecule is N#Cc1cccc(-c2ccc(N)c(C(=O)Nc3cnccc3N3CCCC(N)C3)n2)c1. The molecule has 1 unspecified atom stereocenters. The van der Waals surface area contributed by atoms with Gasteiger partial charge in [0.1, 0.15) is 0 Å². The molecule has 1 aliphatic rings. The van der Waals surface area contributed by atoms with Crippen LogP contribution in [0.2, 0.25) is 0 Å². The van der Waals surface area contributed by atoms with Crippen molar-refractivity contribution in [3.05, 3.63) is 66.1 Å². The molecule has 1 aromatic carbocycles. The van der Waals surface area contributed by atoms with Gasteiger partial charge in [0.15, 0.2) is 5.69 Å². The van der Waals surface area contributed by atoms with Gasteiger partial charge in [-0.25, -0.2) is 4.98 Å². The number of nitriles is 1. The number of nitrogens with zero attached hydrogens (tertiary/aromatic N) is 4. The summed E-state index contributed by atoms with van der Waals surface area (Å²) in [4.78, 5) is 23.8. The Hall–Kier alpha value is -3.96. The first kappa shape index (κ1) is 20.3. The third kappa shape index (κ3) is 4.47. The normalized spacial score (nSPS) is 15.9. The van der Waals surface area contributed by atoms with Crippen LogP contribution in [0.1, 0.15) is 28.9 Å². The van der Waals surface area contributed by atoms with Gasteiger partial charge >= 0.3 is 0 Å². The van der Waals surface area contributed by atoms with Gasteiger partial charge in [0.25, 0.3) is 5.91 Å². The fraction of sp³-hybridized carbons (Fsp3) is 0.217. The Balaban J connectivity index is 1.62. The van der Waals surface area contributed by atoms with Crippen molar-refractivity contribution < 1.29 is 4.79 Å². The Bertz CT molecular complexity index is 1150. The summed E-state index contributed by atoms with van der Waals surface area (Å²) in [5.74, 6) is -0.425. The van der Waals surface area contributed by atoms with E-state index < -0.39 is 5.91 Å². The highest BCUT2D eigenvalue weighted by Crippen LogP contribution is 2.28. The number of pyridine rings is 2. The molecule has 0 saturated carbocycles. The van der Waals surface area contributed by atoms with Gasteiger partial charge in [-0.05, 0) is 43.2 Å². The average Bonchev–Trinajstić information content (AvgIpc) is 2.79. The zero-order valence-electron chi connectivity index (χ0n) is 17.0. The quantitative estimate of drug-likeness (QED) is 0.599. The molecule has 8 nitrogen and oxygen atoms in total. The molecule has 1 amide bonds. The summed E-state index contributed by atoms with van der Waals surface area (Å²) in [5, 5.41) is 12.0. The number of rotatable bonds is 4. The fourth-order valence-electron chi connectivity index (χ4n) is 3.73. The van der Waals surface area contributed by atoms with E-state index in [0.717, 1.165) is 37.2 Å². The van der Waals surface area contributed by atoms with Crippen LogP contribution in [0.4, 0.5) is 17.1 Å². The number of nitrogens with one attached hydrogen (secondary N) is 1. The molecule has 1 aliphatic heterocycles. The van der Waals surface area contributed by atoms with Crippen molar-refractivity contribution in [3.63, 3.8) is 0 Å². The number of piperidine rings is 1. The highest BCUT2D eigenvalue weighted by molar-refractivity contribution is 6.07. The summed E-state index contributed by atoms with van der Waals surface area (Å²) < 4.78 is 0. The van der Waals surface area contributed by atoms with Gasteiger partial charge in [-0.1, -0.05) is 12.1 Å². The number of carbonyl (C=O) groups is 1. The number of hydrogen-bond donors (Lipinski definition) is 3. The van der Waals surface area contributed by atoms with Crippen molar-refractivity contribution in [2.45, 2.75) is 18.9 Å². The maximum Gasteiger partial charge on any atom is 0.276 e. The molecule has 8 heteroatoms. The molecule has 5 N–H and O–H groups in total. The van der Waals surface area contributed by atoms with Crippen molar-refractivity contribution in [2.75, 3.05) is 29.0 Å². The Kier molecular flexibility index (Phi) is 5.78. The van der Waals surface area contributed by atoms with Gasteiger partial charge in [0, 0.05) is 30.9 Å². The molecule has 156 valence electrons. The van der Waals surface area contributed by atoms with Crippen molar-refractivity contribution in [1.29, 1.82) is 5.26 Å². The molecular weight excluding hydrogens is 390 g/mol. The third-order valence-electron chi connectivity index (χ3n) is 5.27. The minimum absolute atomic E-state index is 0.101. The molecule has 1 atom stereocenters. The molecule has 3 heterocycles. The van der Waals surface area contributed by atoms with Crippen LogP contribution in [0.3, 0.4) is 0 Å². The predicted molar refractivity (Wildman–Crippen MR) is 120 cm³/mol. The van der Waals surface area contributed by atoms with E-state index in [1.165, 1.54) is 0 Å². The second kappa shape index (κ2) is 8.81. The molecule has 4 rings (SSSR count). The lowest BCUT2D eigenvalue weighted by molar-refractivity contribution is 0.102. The van der Waals surface area contributed by atoms with Crippen molar-refractivity contribution in [2.24, 2.45) is 5.73 Å². The lowest BCUT2D eigenvalue weighted by atomic mass is 10.1. The van der Waals surface area contributed by atoms with Crippen LogP contribution in [0.15, 0.2) is 54.9 Å². The summed E-state index contributed by atoms with van der Waals surface area (Å²) in [5.41, 5.74) is 15.8. The highest BCUT2D eigenvalue weighted by Gasteiger charge is 2.21. The minimum Gasteiger partial charge on any atom is -0.397 e. The minimum atomic E-state index is -0.425. The molecule has 0 bridgehead atoms. The lowest BCUT2D eigenvalue weighted by Crippen LogP contribution is -2.43. The first-order chi connectivity index (χ1) is 15.0. The maximum atomic E-state index is 13.1. The van der Waals surface area contributed by atoms with Gasteiger partial charge in [-0.3, -0.25) is 9.78 Å². The molecule has 2 aromatic heterocycles. The zero-order valence-corrected chi connectivity index (χ0v) is 17.0. The van der Waals surface area contributed by atoms with E-state index in [0.29, 0.717) is 16.9 Å². The van der Waals surface area contributed by atoms with Crippen molar-refractivity contribution >= 4 is 23.0 Å². The van der Waals surface area contributed by atoms with Crippen LogP contribution < -0.4 is 21.7 Å². The molecule has 1 saturated heterocycles. The first-order valence-electron chi connectivity index (χ1n) is 10.1. The summed E-state index contributed by atoms with van der Waals surface area (Å²) in [6.45, 7) is 1.59. The number of aromatic nitrogens is 2. The van der Waals surface area contributed by atoms with E-state index in [1.807, 2.05) is 12.1 Å². The lowest BCUT2D eigenvalue weighted by Gasteiger charge is -2.33. The van der Waals surface area contributed by atoms with Crippen molar-refractivity contribution in [1.82, 2.24) is 9.97 Å². The predicted octanol–water partition coefficient (Wildman–Crippen LogP) is 2.78. The topological polar surface area (TPSA) is 134 Å². The Morgan fingerprint density at radius 1 is 1.26 bits per heavy atom. The smallest absolute Gasteiger partial charge is 0.276 e. The molecular formula is C23H23N7O. The van der Waals surface area contributed by atoms with Gasteiger partial charge in [-0.2, -0.15) is 5.26 Å². The van der Waals surface area contributed by atoms with E-state index in [-0.39, 0.29) is 17.4 Å². The summed E-state index contributed by atoms with van der Waals surface area (Å²) in [6, 6.07) is 14.5. The van der Waals surface area contributed by atoms with E-state index in [2.05, 4.69) is 26.3 Å². The van der Waals surface area contributed by atoms with Crippen LogP contribution >= 0.6 is 0 Å². The molecule has 31 heavy (non-hydrogen) atoms. The second-order valence-electron chi connectivity index (χ2n) is 7.52. The van der Waals surface area contributed by atoms with E-state index >= 15 is 0 Å². The molecule has 0 aliphatic carbocycles. The van der Waals surface area contributed by atoms with Crippen LogP contribution in [0, 0.1) is 11.3 Å². The van der Waals surface area contributed by atoms with Crippen LogP contribution in [0.5, 0.6) is 0 Å². The Labute approximate surface area is 180 Å². The van der Waals surface area contributed by atoms with E-state index in [1.54, 1.807) is 42.7 Å². The Morgan fingerprint density at radius 3 is 2.94 bits per heavy atom. The van der Waals surface area contributed by atoms with Crippen LogP contribution in [-0.4, -0.2) is 35.0 Å². The van der Waals surface area contributed by atoms with E-state index in [4.69, 9.17) is 16.7 Å². The largest absolute Gasteiger partial charge is 0.397 e. The van der Waals surface area contributed by atoms with Crippen LogP contribution in [0.25, 0.3) is 11.3 Å². The molecule has 1 fully saturated rings. The summed E-state index contributed by atoms with van der Waals surface area (Å²) in [7, 11) is 0. The Morgan fingerprint density at radius 2 is 2.13 bits per heavy atom. The van der Waals surface area contributed by atoms with Gasteiger partial charge in [-0.15, -0.1) is 0 Å². The number of amides is 1. The van der Waals surface area contributed by atoms with Crippen LogP contribution in [-0.2, 0) is 0 Å². The maximum absolute atomic E-state index is 13.1. The third-order valence-corrected chi connectivity index (χ3v) is 5.27. The van der Waals surface area contributed by atoms with Gasteiger partial charge < -0.3 is 21.7 Å². The molecule has 3 aromatic rings. The standard InChI is InChI=1S/C23H23N7O/c24-12-15-3-1-4-16(11-15)19-7-6-18(26)22(28-19)23(31)29-20-13-27-9-8-21(20)30-10-2-5-17(25)14-30/h1,3-4,6-9,11,13,17H,2,5,10,14,25-26H2,(H,29,31). The number of nitrogens with two attached hydrogens (primary N) is 2. The van der Waals surface area contributed by atoms with Crippen molar-refractivity contribution in [3.8, 4) is 17.3 Å². The summed E-state index contributed by atoms with van der Waals surface area (Å²) in [6.07, 6.45) is 5.29. The monoisotopic (exact) mass is 413 g/mol. The number of anilines is 3. The zero-order chi connectivity index (χ0) is 21.8. The number of carbonyl (C=O) groups excluding carboxylic acids is 1. The first-order valence-corrected chi connectivity index (χ1v) is 10.1. The van der Waals surface area contributed by atoms with Gasteiger partial charge in [0.2, 0.25) is 0 Å². The average molecular weight is 413 g/mol. The van der Waals surface area contributed by atoms with Gasteiger partial charge in [0.05, 0.1) is 40.6 Å². The number of nitrogen functional groups attached to an aromatic ring is 1. The second-order valence-corrected chi connectivity index (χ2v) is 7.52. The number of hydrogen-bond acceptors (Lipinski definition) is 7. The fourth-order valence-corrected chi connectivity index (χ4v) is 3.73. The highest BCUT2D eigenvalue weighted by atomic mass is 16.1. The van der Waals surface area contributed by atoms with E-state index in [9.17, 15) is 4.79 Å². The summed E-state index contributed by atoms with van der Waals surface area (Å²) >= 11 is 0. The number of benzene rings is 1. The molecule has 0 radical (unpaired) electrons.